The van der Waals surface area contributed by atoms with E-state index in [-0.39, 0.29) is 17.4 Å². The van der Waals surface area contributed by atoms with E-state index >= 15 is 0 Å². The highest BCUT2D eigenvalue weighted by Crippen LogP contribution is 2.13. The molecule has 1 aromatic carbocycles. The summed E-state index contributed by atoms with van der Waals surface area (Å²) in [5.41, 5.74) is 5.57. The van der Waals surface area contributed by atoms with E-state index in [2.05, 4.69) is 39.8 Å². The largest absolute Gasteiger partial charge is 0.0559 e. The van der Waals surface area contributed by atoms with Gasteiger partial charge >= 0.3 is 0 Å². The van der Waals surface area contributed by atoms with Gasteiger partial charge in [-0.2, -0.15) is 0 Å². The Kier molecular flexibility index (Phi) is 3.86. The molecule has 1 aromatic rings. The minimum absolute atomic E-state index is 0. The van der Waals surface area contributed by atoms with E-state index in [4.69, 9.17) is 0 Å². The molecule has 0 N–H and O–H groups in total. The monoisotopic (exact) mass is 161 g/mol. The maximum atomic E-state index is 2.24. The Labute approximate surface area is 79.8 Å². The van der Waals surface area contributed by atoms with Crippen LogP contribution in [0.3, 0.4) is 0 Å². The molecule has 0 saturated heterocycles. The number of hydrogen-bond acceptors (Lipinski definition) is 0. The normalized spacial score (nSPS) is 9.09. The molecule has 0 aromatic heterocycles. The molecule has 0 bridgehead atoms. The molecule has 57 valence electrons. The van der Waals surface area contributed by atoms with Gasteiger partial charge in [-0.1, -0.05) is 12.1 Å². The predicted molar refractivity (Wildman–Crippen MR) is 51.1 cm³/mol. The Morgan fingerprint density at radius 3 is 1.00 bits per heavy atom. The zero-order chi connectivity index (χ0) is 7.72. The van der Waals surface area contributed by atoms with E-state index in [0.29, 0.717) is 0 Å². The van der Waals surface area contributed by atoms with E-state index in [1.54, 1.807) is 0 Å². The second-order valence-corrected chi connectivity index (χ2v) is 3.02. The molecule has 11 heavy (non-hydrogen) atoms. The summed E-state index contributed by atoms with van der Waals surface area (Å²) in [6, 6.07) is 4.48. The van der Waals surface area contributed by atoms with Crippen molar-refractivity contribution in [3.8, 4) is 0 Å². The maximum Gasteiger partial charge on any atom is 0 e. The summed E-state index contributed by atoms with van der Waals surface area (Å²) < 4.78 is 0. The molecule has 0 unspecified atom stereocenters. The Hall–Kier alpha value is -0.248. The van der Waals surface area contributed by atoms with Gasteiger partial charge in [-0.3, -0.25) is 0 Å². The van der Waals surface area contributed by atoms with Crippen LogP contribution in [0.2, 0.25) is 0 Å². The van der Waals surface area contributed by atoms with Crippen molar-refractivity contribution >= 4 is 17.4 Å². The molecule has 0 aliphatic carbocycles. The van der Waals surface area contributed by atoms with Crippen molar-refractivity contribution in [3.05, 3.63) is 34.4 Å². The standard InChI is InChI=1S/C10H14.Al/c1-7-5-9(3)10(4)6-8(7)2;/h5-6H,1-4H3;. The van der Waals surface area contributed by atoms with Crippen LogP contribution in [-0.2, 0) is 0 Å². The van der Waals surface area contributed by atoms with Crippen molar-refractivity contribution in [1.82, 2.24) is 0 Å². The molecule has 0 nitrogen and oxygen atoms in total. The molecular formula is C10H14Al. The van der Waals surface area contributed by atoms with Crippen molar-refractivity contribution in [3.63, 3.8) is 0 Å². The van der Waals surface area contributed by atoms with Crippen LogP contribution in [0.15, 0.2) is 12.1 Å². The van der Waals surface area contributed by atoms with Crippen molar-refractivity contribution < 1.29 is 0 Å². The first-order chi connectivity index (χ1) is 4.61. The summed E-state index contributed by atoms with van der Waals surface area (Å²) in [6.07, 6.45) is 0. The number of benzene rings is 1. The van der Waals surface area contributed by atoms with Gasteiger partial charge in [-0.05, 0) is 49.9 Å². The van der Waals surface area contributed by atoms with Gasteiger partial charge in [0.2, 0.25) is 0 Å². The molecule has 0 spiro atoms. The quantitative estimate of drug-likeness (QED) is 0.513. The SMILES string of the molecule is Cc1cc(C)c(C)cc1C.[Al]. The highest BCUT2D eigenvalue weighted by Gasteiger charge is 1.95. The lowest BCUT2D eigenvalue weighted by molar-refractivity contribution is 1.24. The van der Waals surface area contributed by atoms with E-state index in [1.165, 1.54) is 22.3 Å². The average Bonchev–Trinajstić information content (AvgIpc) is 1.84. The van der Waals surface area contributed by atoms with Crippen molar-refractivity contribution in [1.29, 1.82) is 0 Å². The Morgan fingerprint density at radius 1 is 0.636 bits per heavy atom. The van der Waals surface area contributed by atoms with E-state index < -0.39 is 0 Å². The lowest BCUT2D eigenvalue weighted by atomic mass is 10.0. The van der Waals surface area contributed by atoms with Gasteiger partial charge in [0, 0.05) is 17.4 Å². The number of hydrogen-bond donors (Lipinski definition) is 0. The third-order valence-electron chi connectivity index (χ3n) is 2.11. The van der Waals surface area contributed by atoms with Crippen molar-refractivity contribution in [2.75, 3.05) is 0 Å². The predicted octanol–water partition coefficient (Wildman–Crippen LogP) is 2.54. The maximum absolute atomic E-state index is 2.24. The van der Waals surface area contributed by atoms with Crippen molar-refractivity contribution in [2.24, 2.45) is 0 Å². The lowest BCUT2D eigenvalue weighted by Gasteiger charge is -2.04. The summed E-state index contributed by atoms with van der Waals surface area (Å²) in [4.78, 5) is 0. The van der Waals surface area contributed by atoms with Crippen LogP contribution in [0.1, 0.15) is 22.3 Å². The second kappa shape index (κ2) is 3.95. The summed E-state index contributed by atoms with van der Waals surface area (Å²) >= 11 is 0. The molecule has 0 fully saturated rings. The summed E-state index contributed by atoms with van der Waals surface area (Å²) in [6.45, 7) is 8.62. The number of aryl methyl sites for hydroxylation is 4. The smallest absolute Gasteiger partial charge is 0 e. The molecule has 0 heterocycles. The molecule has 1 heteroatoms. The molecule has 0 aliphatic rings. The van der Waals surface area contributed by atoms with Crippen LogP contribution in [0.4, 0.5) is 0 Å². The van der Waals surface area contributed by atoms with Crippen LogP contribution in [0, 0.1) is 27.7 Å². The van der Waals surface area contributed by atoms with E-state index in [9.17, 15) is 0 Å². The van der Waals surface area contributed by atoms with E-state index in [1.807, 2.05) is 0 Å². The summed E-state index contributed by atoms with van der Waals surface area (Å²) in [5.74, 6) is 0. The van der Waals surface area contributed by atoms with Crippen LogP contribution in [-0.4, -0.2) is 17.4 Å². The van der Waals surface area contributed by atoms with Gasteiger partial charge in [0.15, 0.2) is 0 Å². The van der Waals surface area contributed by atoms with Crippen LogP contribution < -0.4 is 0 Å². The molecule has 1 rings (SSSR count). The third-order valence-corrected chi connectivity index (χ3v) is 2.11. The minimum Gasteiger partial charge on any atom is -0.0559 e. The fourth-order valence-corrected chi connectivity index (χ4v) is 1.10. The first kappa shape index (κ1) is 10.8. The Bertz CT molecular complexity index is 201. The van der Waals surface area contributed by atoms with E-state index in [0.717, 1.165) is 0 Å². The molecular weight excluding hydrogens is 147 g/mol. The first-order valence-corrected chi connectivity index (χ1v) is 3.65. The fourth-order valence-electron chi connectivity index (χ4n) is 1.10. The zero-order valence-corrected chi connectivity index (χ0v) is 8.89. The first-order valence-electron chi connectivity index (χ1n) is 3.65. The van der Waals surface area contributed by atoms with Gasteiger partial charge in [0.05, 0.1) is 0 Å². The van der Waals surface area contributed by atoms with Gasteiger partial charge < -0.3 is 0 Å². The average molecular weight is 161 g/mol. The van der Waals surface area contributed by atoms with Crippen LogP contribution >= 0.6 is 0 Å². The van der Waals surface area contributed by atoms with Gasteiger partial charge in [-0.25, -0.2) is 0 Å². The van der Waals surface area contributed by atoms with Crippen molar-refractivity contribution in [2.45, 2.75) is 27.7 Å². The molecule has 0 amide bonds. The van der Waals surface area contributed by atoms with Gasteiger partial charge in [0.1, 0.15) is 0 Å². The molecule has 3 radical (unpaired) electrons. The molecule has 0 aliphatic heterocycles. The lowest BCUT2D eigenvalue weighted by Crippen LogP contribution is -1.86. The second-order valence-electron chi connectivity index (χ2n) is 3.02. The van der Waals surface area contributed by atoms with Crippen LogP contribution in [0.25, 0.3) is 0 Å². The third kappa shape index (κ3) is 2.36. The Balaban J connectivity index is 0.000001000. The fraction of sp³-hybridized carbons (Fsp3) is 0.400. The zero-order valence-electron chi connectivity index (χ0n) is 7.73. The molecule has 0 saturated carbocycles. The highest BCUT2D eigenvalue weighted by atomic mass is 27.0. The van der Waals surface area contributed by atoms with Gasteiger partial charge in [0.25, 0.3) is 0 Å². The summed E-state index contributed by atoms with van der Waals surface area (Å²) in [7, 11) is 0. The topological polar surface area (TPSA) is 0 Å². The Morgan fingerprint density at radius 2 is 0.818 bits per heavy atom. The summed E-state index contributed by atoms with van der Waals surface area (Å²) in [5, 5.41) is 0. The molecule has 0 atom stereocenters. The minimum atomic E-state index is 0. The van der Waals surface area contributed by atoms with Crippen LogP contribution in [0.5, 0.6) is 0 Å². The number of rotatable bonds is 0. The highest BCUT2D eigenvalue weighted by molar-refractivity contribution is 5.75. The van der Waals surface area contributed by atoms with Gasteiger partial charge in [-0.15, -0.1) is 0 Å².